The Labute approximate surface area is 75.2 Å². The number of carbonyl (C=O) groups is 2. The lowest BCUT2D eigenvalue weighted by molar-refractivity contribution is -0.160. The Kier molecular flexibility index (Phi) is 2.34. The van der Waals surface area contributed by atoms with Crippen molar-refractivity contribution in [2.45, 2.75) is 32.2 Å². The summed E-state index contributed by atoms with van der Waals surface area (Å²) in [4.78, 5) is 21.7. The maximum atomic E-state index is 11.0. The van der Waals surface area contributed by atoms with E-state index in [0.717, 1.165) is 0 Å². The van der Waals surface area contributed by atoms with Gasteiger partial charge in [-0.3, -0.25) is 4.79 Å². The summed E-state index contributed by atoms with van der Waals surface area (Å²) in [6.07, 6.45) is -1.17. The molecule has 1 aliphatic rings. The standard InChI is InChI=1S/C8H9NO4/c1-8(2)12-6(7(11)13-8)3-5(10)4-9/h6H,3H2,1-2H3/t6-/m1/s1. The van der Waals surface area contributed by atoms with Crippen LogP contribution in [0.1, 0.15) is 20.3 Å². The zero-order valence-corrected chi connectivity index (χ0v) is 7.36. The summed E-state index contributed by atoms with van der Waals surface area (Å²) < 4.78 is 9.87. The molecule has 1 atom stereocenters. The Morgan fingerprint density at radius 2 is 2.31 bits per heavy atom. The average molecular weight is 183 g/mol. The molecule has 5 nitrogen and oxygen atoms in total. The number of nitriles is 1. The predicted octanol–water partition coefficient (Wildman–Crippen LogP) is 0.147. The van der Waals surface area contributed by atoms with E-state index in [2.05, 4.69) is 0 Å². The number of Topliss-reactive ketones (excluding diaryl/α,β-unsaturated/α-hetero) is 1. The van der Waals surface area contributed by atoms with E-state index in [-0.39, 0.29) is 6.42 Å². The van der Waals surface area contributed by atoms with E-state index in [9.17, 15) is 9.59 Å². The molecule has 5 heteroatoms. The number of carbonyl (C=O) groups excluding carboxylic acids is 2. The lowest BCUT2D eigenvalue weighted by atomic mass is 10.2. The summed E-state index contributed by atoms with van der Waals surface area (Å²) in [5.41, 5.74) is 0. The zero-order chi connectivity index (χ0) is 10.1. The topological polar surface area (TPSA) is 76.4 Å². The highest BCUT2D eigenvalue weighted by molar-refractivity contribution is 5.96. The van der Waals surface area contributed by atoms with Crippen LogP contribution in [0.15, 0.2) is 0 Å². The monoisotopic (exact) mass is 183 g/mol. The minimum atomic E-state index is -0.989. The Balaban J connectivity index is 2.60. The van der Waals surface area contributed by atoms with E-state index in [1.807, 2.05) is 0 Å². The van der Waals surface area contributed by atoms with Gasteiger partial charge in [-0.05, 0) is 0 Å². The van der Waals surface area contributed by atoms with Crippen LogP contribution in [-0.4, -0.2) is 23.6 Å². The molecule has 0 amide bonds. The number of esters is 1. The van der Waals surface area contributed by atoms with Gasteiger partial charge in [-0.25, -0.2) is 4.79 Å². The van der Waals surface area contributed by atoms with Gasteiger partial charge in [0.05, 0.1) is 6.42 Å². The van der Waals surface area contributed by atoms with Crippen LogP contribution in [0.5, 0.6) is 0 Å². The van der Waals surface area contributed by atoms with Gasteiger partial charge in [0.15, 0.2) is 6.10 Å². The molecule has 0 unspecified atom stereocenters. The summed E-state index contributed by atoms with van der Waals surface area (Å²) in [6, 6.07) is 1.41. The third kappa shape index (κ3) is 2.26. The van der Waals surface area contributed by atoms with Gasteiger partial charge in [-0.15, -0.1) is 0 Å². The molecule has 0 radical (unpaired) electrons. The lowest BCUT2D eigenvalue weighted by Crippen LogP contribution is -2.22. The quantitative estimate of drug-likeness (QED) is 0.449. The number of nitrogens with zero attached hydrogens (tertiary/aromatic N) is 1. The van der Waals surface area contributed by atoms with Crippen LogP contribution in [0.25, 0.3) is 0 Å². The molecule has 0 bridgehead atoms. The summed E-state index contributed by atoms with van der Waals surface area (Å²) in [5.74, 6) is -2.26. The first-order chi connectivity index (χ1) is 5.94. The number of ether oxygens (including phenoxy) is 2. The number of cyclic esters (lactones) is 1. The van der Waals surface area contributed by atoms with E-state index < -0.39 is 23.6 Å². The van der Waals surface area contributed by atoms with Crippen molar-refractivity contribution in [2.75, 3.05) is 0 Å². The number of hydrogen-bond donors (Lipinski definition) is 0. The minimum absolute atomic E-state index is 0.237. The fraction of sp³-hybridized carbons (Fsp3) is 0.625. The highest BCUT2D eigenvalue weighted by Crippen LogP contribution is 2.25. The Morgan fingerprint density at radius 3 is 2.69 bits per heavy atom. The molecule has 0 spiro atoms. The van der Waals surface area contributed by atoms with Crippen LogP contribution in [0.2, 0.25) is 0 Å². The van der Waals surface area contributed by atoms with Gasteiger partial charge < -0.3 is 9.47 Å². The molecule has 0 saturated carbocycles. The molecule has 0 aromatic carbocycles. The second-order valence-electron chi connectivity index (χ2n) is 3.17. The van der Waals surface area contributed by atoms with Gasteiger partial charge in [0, 0.05) is 13.8 Å². The lowest BCUT2D eigenvalue weighted by Gasteiger charge is -2.14. The van der Waals surface area contributed by atoms with Crippen LogP contribution >= 0.6 is 0 Å². The first-order valence-electron chi connectivity index (χ1n) is 3.78. The summed E-state index contributed by atoms with van der Waals surface area (Å²) >= 11 is 0. The Hall–Kier alpha value is -1.41. The molecule has 1 saturated heterocycles. The Morgan fingerprint density at radius 1 is 1.69 bits per heavy atom. The molecular formula is C8H9NO4. The van der Waals surface area contributed by atoms with Gasteiger partial charge in [-0.2, -0.15) is 5.26 Å². The second-order valence-corrected chi connectivity index (χ2v) is 3.17. The molecule has 0 N–H and O–H groups in total. The van der Waals surface area contributed by atoms with Gasteiger partial charge >= 0.3 is 5.97 Å². The maximum Gasteiger partial charge on any atom is 0.338 e. The summed E-state index contributed by atoms with van der Waals surface area (Å²) in [6.45, 7) is 3.14. The largest absolute Gasteiger partial charge is 0.432 e. The fourth-order valence-electron chi connectivity index (χ4n) is 1.06. The van der Waals surface area contributed by atoms with Gasteiger partial charge in [-0.1, -0.05) is 0 Å². The molecule has 1 heterocycles. The maximum absolute atomic E-state index is 11.0. The molecular weight excluding hydrogens is 174 g/mol. The van der Waals surface area contributed by atoms with Gasteiger partial charge in [0.25, 0.3) is 0 Å². The van der Waals surface area contributed by atoms with Crippen LogP contribution in [-0.2, 0) is 19.1 Å². The van der Waals surface area contributed by atoms with E-state index >= 15 is 0 Å². The number of ketones is 1. The molecule has 70 valence electrons. The van der Waals surface area contributed by atoms with E-state index in [1.54, 1.807) is 13.8 Å². The van der Waals surface area contributed by atoms with Crippen molar-refractivity contribution in [1.82, 2.24) is 0 Å². The predicted molar refractivity (Wildman–Crippen MR) is 40.3 cm³/mol. The SMILES string of the molecule is CC1(C)OC(=O)[C@@H](CC(=O)C#N)O1. The third-order valence-corrected chi connectivity index (χ3v) is 1.53. The highest BCUT2D eigenvalue weighted by atomic mass is 16.8. The van der Waals surface area contributed by atoms with E-state index in [0.29, 0.717) is 0 Å². The van der Waals surface area contributed by atoms with Crippen LogP contribution in [0, 0.1) is 11.3 Å². The molecule has 1 rings (SSSR count). The van der Waals surface area contributed by atoms with Crippen molar-refractivity contribution in [3.8, 4) is 6.07 Å². The van der Waals surface area contributed by atoms with Crippen molar-refractivity contribution in [2.24, 2.45) is 0 Å². The second kappa shape index (κ2) is 3.15. The third-order valence-electron chi connectivity index (χ3n) is 1.53. The molecule has 13 heavy (non-hydrogen) atoms. The smallest absolute Gasteiger partial charge is 0.338 e. The first-order valence-corrected chi connectivity index (χ1v) is 3.78. The van der Waals surface area contributed by atoms with Gasteiger partial charge in [0.2, 0.25) is 11.6 Å². The van der Waals surface area contributed by atoms with Crippen LogP contribution < -0.4 is 0 Å². The van der Waals surface area contributed by atoms with Crippen molar-refractivity contribution < 1.29 is 19.1 Å². The van der Waals surface area contributed by atoms with Gasteiger partial charge in [0.1, 0.15) is 6.07 Å². The van der Waals surface area contributed by atoms with Crippen molar-refractivity contribution in [3.05, 3.63) is 0 Å². The molecule has 1 fully saturated rings. The van der Waals surface area contributed by atoms with Crippen molar-refractivity contribution in [3.63, 3.8) is 0 Å². The van der Waals surface area contributed by atoms with Crippen molar-refractivity contribution in [1.29, 1.82) is 5.26 Å². The first kappa shape index (κ1) is 9.68. The molecule has 0 aliphatic carbocycles. The molecule has 1 aliphatic heterocycles. The fourth-order valence-corrected chi connectivity index (χ4v) is 1.06. The minimum Gasteiger partial charge on any atom is -0.432 e. The Bertz CT molecular complexity index is 289. The number of rotatable bonds is 2. The summed E-state index contributed by atoms with van der Waals surface area (Å²) in [5, 5.41) is 8.20. The van der Waals surface area contributed by atoms with Crippen LogP contribution in [0.3, 0.4) is 0 Å². The molecule has 0 aromatic heterocycles. The molecule has 0 aromatic rings. The van der Waals surface area contributed by atoms with Crippen molar-refractivity contribution >= 4 is 11.8 Å². The van der Waals surface area contributed by atoms with E-state index in [1.165, 1.54) is 6.07 Å². The zero-order valence-electron chi connectivity index (χ0n) is 7.36. The number of hydrogen-bond acceptors (Lipinski definition) is 5. The normalized spacial score (nSPS) is 25.0. The highest BCUT2D eigenvalue weighted by Gasteiger charge is 2.41. The van der Waals surface area contributed by atoms with Crippen LogP contribution in [0.4, 0.5) is 0 Å². The average Bonchev–Trinajstić information content (AvgIpc) is 2.24. The summed E-state index contributed by atoms with van der Waals surface area (Å²) in [7, 11) is 0. The van der Waals surface area contributed by atoms with E-state index in [4.69, 9.17) is 14.7 Å².